The number of hydrogen-bond acceptors (Lipinski definition) is 3. The lowest BCUT2D eigenvalue weighted by Crippen LogP contribution is -2.30. The fourth-order valence-electron chi connectivity index (χ4n) is 2.41. The van der Waals surface area contributed by atoms with E-state index in [4.69, 9.17) is 10.5 Å². The standard InChI is InChI=1S/C14H22N2O/c1-11-8-13(9-15)4-5-14(11)16-6-3-7-17-12(2)10-16/h4-5,8,12H,3,6-7,9-10,15H2,1-2H3. The molecule has 3 nitrogen and oxygen atoms in total. The van der Waals surface area contributed by atoms with Gasteiger partial charge in [-0.3, -0.25) is 0 Å². The third-order valence-electron chi connectivity index (χ3n) is 3.29. The zero-order valence-corrected chi connectivity index (χ0v) is 10.8. The van der Waals surface area contributed by atoms with Crippen molar-refractivity contribution in [2.24, 2.45) is 5.73 Å². The van der Waals surface area contributed by atoms with Crippen LogP contribution >= 0.6 is 0 Å². The number of ether oxygens (including phenoxy) is 1. The lowest BCUT2D eigenvalue weighted by Gasteiger charge is -2.26. The van der Waals surface area contributed by atoms with Crippen molar-refractivity contribution in [2.45, 2.75) is 32.9 Å². The molecule has 0 aromatic heterocycles. The number of benzene rings is 1. The fourth-order valence-corrected chi connectivity index (χ4v) is 2.41. The fraction of sp³-hybridized carbons (Fsp3) is 0.571. The normalized spacial score (nSPS) is 21.4. The Morgan fingerprint density at radius 3 is 3.00 bits per heavy atom. The number of nitrogens with zero attached hydrogens (tertiary/aromatic N) is 1. The zero-order chi connectivity index (χ0) is 12.3. The van der Waals surface area contributed by atoms with Crippen LogP contribution in [0, 0.1) is 6.92 Å². The minimum atomic E-state index is 0.311. The Kier molecular flexibility index (Phi) is 4.02. The van der Waals surface area contributed by atoms with Crippen molar-refractivity contribution in [2.75, 3.05) is 24.6 Å². The highest BCUT2D eigenvalue weighted by Crippen LogP contribution is 2.23. The molecule has 0 bridgehead atoms. The second-order valence-electron chi connectivity index (χ2n) is 4.81. The van der Waals surface area contributed by atoms with E-state index in [1.807, 2.05) is 0 Å². The first kappa shape index (κ1) is 12.4. The van der Waals surface area contributed by atoms with Gasteiger partial charge in [0, 0.05) is 31.9 Å². The summed E-state index contributed by atoms with van der Waals surface area (Å²) in [5, 5.41) is 0. The van der Waals surface area contributed by atoms with Gasteiger partial charge in [-0.2, -0.15) is 0 Å². The van der Waals surface area contributed by atoms with E-state index in [0.717, 1.165) is 26.1 Å². The van der Waals surface area contributed by atoms with Crippen LogP contribution in [0.25, 0.3) is 0 Å². The van der Waals surface area contributed by atoms with Crippen LogP contribution in [0.2, 0.25) is 0 Å². The average molecular weight is 234 g/mol. The van der Waals surface area contributed by atoms with Gasteiger partial charge in [0.2, 0.25) is 0 Å². The van der Waals surface area contributed by atoms with Gasteiger partial charge >= 0.3 is 0 Å². The molecule has 1 fully saturated rings. The van der Waals surface area contributed by atoms with E-state index in [9.17, 15) is 0 Å². The Morgan fingerprint density at radius 2 is 2.29 bits per heavy atom. The van der Waals surface area contributed by atoms with Gasteiger partial charge in [0.1, 0.15) is 0 Å². The first-order chi connectivity index (χ1) is 8.20. The van der Waals surface area contributed by atoms with Crippen molar-refractivity contribution in [3.8, 4) is 0 Å². The summed E-state index contributed by atoms with van der Waals surface area (Å²) in [5.41, 5.74) is 9.49. The third kappa shape index (κ3) is 2.99. The molecule has 1 aliphatic heterocycles. The molecule has 1 aromatic carbocycles. The van der Waals surface area contributed by atoms with Crippen LogP contribution in [0.5, 0.6) is 0 Å². The van der Waals surface area contributed by atoms with Gasteiger partial charge < -0.3 is 15.4 Å². The highest BCUT2D eigenvalue weighted by atomic mass is 16.5. The molecular formula is C14H22N2O. The molecule has 0 amide bonds. The molecule has 1 aliphatic rings. The molecule has 0 spiro atoms. The molecule has 1 unspecified atom stereocenters. The van der Waals surface area contributed by atoms with E-state index in [-0.39, 0.29) is 0 Å². The molecule has 0 aliphatic carbocycles. The Bertz CT molecular complexity index is 378. The predicted octanol–water partition coefficient (Wildman–Crippen LogP) is 2.07. The van der Waals surface area contributed by atoms with Crippen LogP contribution < -0.4 is 10.6 Å². The van der Waals surface area contributed by atoms with Gasteiger partial charge in [0.05, 0.1) is 6.10 Å². The Balaban J connectivity index is 2.20. The zero-order valence-electron chi connectivity index (χ0n) is 10.8. The van der Waals surface area contributed by atoms with Crippen LogP contribution in [0.15, 0.2) is 18.2 Å². The first-order valence-electron chi connectivity index (χ1n) is 6.37. The largest absolute Gasteiger partial charge is 0.377 e. The van der Waals surface area contributed by atoms with Crippen molar-refractivity contribution in [1.29, 1.82) is 0 Å². The molecule has 1 heterocycles. The van der Waals surface area contributed by atoms with Gasteiger partial charge in [-0.25, -0.2) is 0 Å². The van der Waals surface area contributed by atoms with Crippen molar-refractivity contribution >= 4 is 5.69 Å². The molecule has 1 atom stereocenters. The van der Waals surface area contributed by atoms with E-state index in [1.54, 1.807) is 0 Å². The summed E-state index contributed by atoms with van der Waals surface area (Å²) in [5.74, 6) is 0. The van der Waals surface area contributed by atoms with E-state index in [2.05, 4.69) is 36.9 Å². The van der Waals surface area contributed by atoms with Gasteiger partial charge in [-0.1, -0.05) is 12.1 Å². The average Bonchev–Trinajstić information content (AvgIpc) is 2.53. The smallest absolute Gasteiger partial charge is 0.0721 e. The van der Waals surface area contributed by atoms with Crippen LogP contribution in [-0.4, -0.2) is 25.8 Å². The Morgan fingerprint density at radius 1 is 1.47 bits per heavy atom. The number of aryl methyl sites for hydroxylation is 1. The quantitative estimate of drug-likeness (QED) is 0.851. The number of nitrogens with two attached hydrogens (primary N) is 1. The van der Waals surface area contributed by atoms with E-state index in [1.165, 1.54) is 16.8 Å². The number of hydrogen-bond donors (Lipinski definition) is 1. The molecule has 1 saturated heterocycles. The van der Waals surface area contributed by atoms with Crippen molar-refractivity contribution in [3.05, 3.63) is 29.3 Å². The predicted molar refractivity (Wildman–Crippen MR) is 71.3 cm³/mol. The topological polar surface area (TPSA) is 38.5 Å². The van der Waals surface area contributed by atoms with Gasteiger partial charge in [-0.05, 0) is 37.5 Å². The summed E-state index contributed by atoms with van der Waals surface area (Å²) >= 11 is 0. The number of rotatable bonds is 2. The van der Waals surface area contributed by atoms with Crippen LogP contribution in [0.3, 0.4) is 0 Å². The first-order valence-corrected chi connectivity index (χ1v) is 6.37. The maximum absolute atomic E-state index is 5.68. The van der Waals surface area contributed by atoms with E-state index in [0.29, 0.717) is 12.6 Å². The molecule has 94 valence electrons. The molecule has 17 heavy (non-hydrogen) atoms. The van der Waals surface area contributed by atoms with Crippen LogP contribution in [0.1, 0.15) is 24.5 Å². The van der Waals surface area contributed by atoms with Crippen LogP contribution in [0.4, 0.5) is 5.69 Å². The second-order valence-corrected chi connectivity index (χ2v) is 4.81. The molecule has 3 heteroatoms. The summed E-state index contributed by atoms with van der Waals surface area (Å²) in [6, 6.07) is 6.50. The summed E-state index contributed by atoms with van der Waals surface area (Å²) in [7, 11) is 0. The van der Waals surface area contributed by atoms with Crippen molar-refractivity contribution < 1.29 is 4.74 Å². The van der Waals surface area contributed by atoms with Gasteiger partial charge in [0.25, 0.3) is 0 Å². The maximum Gasteiger partial charge on any atom is 0.0721 e. The molecular weight excluding hydrogens is 212 g/mol. The maximum atomic E-state index is 5.68. The summed E-state index contributed by atoms with van der Waals surface area (Å²) in [6.45, 7) is 7.83. The van der Waals surface area contributed by atoms with E-state index < -0.39 is 0 Å². The monoisotopic (exact) mass is 234 g/mol. The Hall–Kier alpha value is -1.06. The highest BCUT2D eigenvalue weighted by Gasteiger charge is 2.16. The molecule has 0 saturated carbocycles. The molecule has 2 rings (SSSR count). The second kappa shape index (κ2) is 5.52. The minimum absolute atomic E-state index is 0.311. The lowest BCUT2D eigenvalue weighted by molar-refractivity contribution is 0.0821. The lowest BCUT2D eigenvalue weighted by atomic mass is 10.1. The van der Waals surface area contributed by atoms with Crippen molar-refractivity contribution in [1.82, 2.24) is 0 Å². The summed E-state index contributed by atoms with van der Waals surface area (Å²) in [6.07, 6.45) is 1.41. The van der Waals surface area contributed by atoms with Gasteiger partial charge in [-0.15, -0.1) is 0 Å². The minimum Gasteiger partial charge on any atom is -0.377 e. The summed E-state index contributed by atoms with van der Waals surface area (Å²) in [4.78, 5) is 2.42. The number of anilines is 1. The van der Waals surface area contributed by atoms with Gasteiger partial charge in [0.15, 0.2) is 0 Å². The molecule has 1 aromatic rings. The third-order valence-corrected chi connectivity index (χ3v) is 3.29. The van der Waals surface area contributed by atoms with Crippen LogP contribution in [-0.2, 0) is 11.3 Å². The highest BCUT2D eigenvalue weighted by molar-refractivity contribution is 5.54. The molecule has 2 N–H and O–H groups in total. The SMILES string of the molecule is Cc1cc(CN)ccc1N1CCCOC(C)C1. The Labute approximate surface area is 104 Å². The van der Waals surface area contributed by atoms with E-state index >= 15 is 0 Å². The summed E-state index contributed by atoms with van der Waals surface area (Å²) < 4.78 is 5.68. The van der Waals surface area contributed by atoms with Crippen molar-refractivity contribution in [3.63, 3.8) is 0 Å². The molecule has 0 radical (unpaired) electrons.